The number of aliphatic hydroxyl groups excluding tert-OH is 1. The average Bonchev–Trinajstić information content (AvgIpc) is 3.19. The highest BCUT2D eigenvalue weighted by Crippen LogP contribution is 2.38. The molecule has 0 amide bonds. The first-order valence-corrected chi connectivity index (χ1v) is 23.9. The molecular formula is C48H82NO9P. The van der Waals surface area contributed by atoms with E-state index in [1.807, 2.05) is 33.3 Å². The number of phosphoric ester groups is 1. The first-order chi connectivity index (χ1) is 28.5. The Labute approximate surface area is 359 Å². The molecule has 2 atom stereocenters. The van der Waals surface area contributed by atoms with Crippen molar-refractivity contribution in [2.45, 2.75) is 154 Å². The maximum Gasteiger partial charge on any atom is 0.306 e. The normalized spacial score (nSPS) is 14.3. The molecular weight excluding hydrogens is 765 g/mol. The predicted molar refractivity (Wildman–Crippen MR) is 242 cm³/mol. The third kappa shape index (κ3) is 44.5. The summed E-state index contributed by atoms with van der Waals surface area (Å²) in [6.07, 6.45) is 49.3. The van der Waals surface area contributed by atoms with Crippen molar-refractivity contribution >= 4 is 19.8 Å². The van der Waals surface area contributed by atoms with E-state index in [-0.39, 0.29) is 32.7 Å². The number of unbranched alkanes of at least 4 members (excludes halogenated alkanes) is 11. The van der Waals surface area contributed by atoms with Crippen molar-refractivity contribution in [3.8, 4) is 0 Å². The minimum atomic E-state index is -4.66. The zero-order valence-corrected chi connectivity index (χ0v) is 38.3. The number of nitrogens with zero attached hydrogens (tertiary/aromatic N) is 1. The van der Waals surface area contributed by atoms with Crippen LogP contribution >= 0.6 is 7.82 Å². The van der Waals surface area contributed by atoms with Gasteiger partial charge >= 0.3 is 11.9 Å². The summed E-state index contributed by atoms with van der Waals surface area (Å²) in [6.45, 7) is 2.07. The first kappa shape index (κ1) is 56.1. The van der Waals surface area contributed by atoms with E-state index in [4.69, 9.17) is 23.6 Å². The van der Waals surface area contributed by atoms with Crippen molar-refractivity contribution in [1.29, 1.82) is 0 Å². The highest BCUT2D eigenvalue weighted by molar-refractivity contribution is 7.45. The average molecular weight is 848 g/mol. The molecule has 1 unspecified atom stereocenters. The Bertz CT molecular complexity index is 1280. The zero-order valence-electron chi connectivity index (χ0n) is 37.4. The van der Waals surface area contributed by atoms with Crippen LogP contribution in [0.25, 0.3) is 0 Å². The molecule has 0 bridgehead atoms. The zero-order chi connectivity index (χ0) is 43.6. The van der Waals surface area contributed by atoms with Gasteiger partial charge < -0.3 is 33.0 Å². The molecule has 0 aromatic carbocycles. The summed E-state index contributed by atoms with van der Waals surface area (Å²) in [5.41, 5.74) is 0. The van der Waals surface area contributed by atoms with Crippen molar-refractivity contribution < 1.29 is 47.2 Å². The van der Waals surface area contributed by atoms with E-state index in [1.54, 1.807) is 0 Å². The van der Waals surface area contributed by atoms with Crippen LogP contribution in [0.15, 0.2) is 85.1 Å². The Kier molecular flexibility index (Phi) is 38.6. The van der Waals surface area contributed by atoms with Crippen molar-refractivity contribution in [3.63, 3.8) is 0 Å². The van der Waals surface area contributed by atoms with E-state index in [9.17, 15) is 19.0 Å². The second-order valence-corrected chi connectivity index (χ2v) is 17.2. The van der Waals surface area contributed by atoms with Crippen LogP contribution in [0.2, 0.25) is 0 Å². The van der Waals surface area contributed by atoms with E-state index in [0.717, 1.165) is 70.6 Å². The van der Waals surface area contributed by atoms with Gasteiger partial charge in [-0.25, -0.2) is 0 Å². The molecule has 0 aliphatic rings. The number of hydrogen-bond donors (Lipinski definition) is 1. The van der Waals surface area contributed by atoms with Gasteiger partial charge in [-0.05, 0) is 89.9 Å². The highest BCUT2D eigenvalue weighted by Gasteiger charge is 2.21. The molecule has 59 heavy (non-hydrogen) atoms. The monoisotopic (exact) mass is 848 g/mol. The Morgan fingerprint density at radius 3 is 1.47 bits per heavy atom. The number of carbonyl (C=O) groups excluding carboxylic acids is 2. The minimum absolute atomic E-state index is 0.0580. The lowest BCUT2D eigenvalue weighted by molar-refractivity contribution is -0.870. The van der Waals surface area contributed by atoms with Gasteiger partial charge in [0.25, 0.3) is 7.82 Å². The van der Waals surface area contributed by atoms with E-state index < -0.39 is 32.5 Å². The second kappa shape index (κ2) is 40.6. The largest absolute Gasteiger partial charge is 0.756 e. The van der Waals surface area contributed by atoms with Crippen LogP contribution in [-0.2, 0) is 32.7 Å². The molecule has 10 nitrogen and oxygen atoms in total. The molecule has 0 saturated heterocycles. The van der Waals surface area contributed by atoms with Crippen LogP contribution < -0.4 is 4.89 Å². The number of rotatable bonds is 40. The second-order valence-electron chi connectivity index (χ2n) is 15.8. The third-order valence-electron chi connectivity index (χ3n) is 8.94. The number of hydrogen-bond acceptors (Lipinski definition) is 9. The first-order valence-electron chi connectivity index (χ1n) is 22.4. The van der Waals surface area contributed by atoms with Crippen LogP contribution in [0, 0.1) is 0 Å². The summed E-state index contributed by atoms with van der Waals surface area (Å²) in [5, 5.41) is 8.80. The van der Waals surface area contributed by atoms with Crippen LogP contribution in [0.5, 0.6) is 0 Å². The van der Waals surface area contributed by atoms with Gasteiger partial charge in [0.15, 0.2) is 6.10 Å². The van der Waals surface area contributed by atoms with Crippen LogP contribution in [-0.4, -0.2) is 81.7 Å². The van der Waals surface area contributed by atoms with Crippen molar-refractivity contribution in [2.24, 2.45) is 0 Å². The van der Waals surface area contributed by atoms with E-state index >= 15 is 0 Å². The Hall–Kier alpha value is -2.85. The number of allylic oxidation sites excluding steroid dienone is 14. The number of phosphoric acid groups is 1. The molecule has 0 aromatic heterocycles. The van der Waals surface area contributed by atoms with E-state index in [2.05, 4.69) is 79.8 Å². The summed E-state index contributed by atoms with van der Waals surface area (Å²) >= 11 is 0. The van der Waals surface area contributed by atoms with Crippen molar-refractivity contribution in [3.05, 3.63) is 85.1 Å². The summed E-state index contributed by atoms with van der Waals surface area (Å²) in [5.74, 6) is -0.984. The van der Waals surface area contributed by atoms with Gasteiger partial charge in [-0.1, -0.05) is 131 Å². The summed E-state index contributed by atoms with van der Waals surface area (Å²) in [6, 6.07) is 0. The van der Waals surface area contributed by atoms with Crippen LogP contribution in [0.3, 0.4) is 0 Å². The van der Waals surface area contributed by atoms with Crippen LogP contribution in [0.4, 0.5) is 0 Å². The SMILES string of the molecule is CCCCCCCC/C=C\C/C=C\C/C=C\CCCC(=O)OC[C@H](COP(=O)([O-])OCC[N+](C)(C)C)OC(=O)CCC/C=C\C/C=C\C/C=C\C/C=C\CCCCCO. The maximum absolute atomic E-state index is 12.7. The van der Waals surface area contributed by atoms with Gasteiger partial charge in [-0.3, -0.25) is 14.2 Å². The molecule has 0 saturated carbocycles. The molecule has 0 aromatic rings. The predicted octanol–water partition coefficient (Wildman–Crippen LogP) is 11.1. The number of aliphatic hydroxyl groups is 1. The number of likely N-dealkylation sites (N-methyl/N-ethyl adjacent to an activating group) is 1. The number of carbonyl (C=O) groups is 2. The molecule has 0 aliphatic carbocycles. The van der Waals surface area contributed by atoms with E-state index in [1.165, 1.54) is 38.5 Å². The number of ether oxygens (including phenoxy) is 2. The standard InChI is InChI=1S/C48H82NO9P/c1-5-6-7-8-9-10-11-12-13-15-18-21-24-27-30-33-36-39-47(51)55-44-46(45-57-59(53,54)56-43-41-49(2,3)4)58-48(52)40-37-34-31-28-25-22-19-16-14-17-20-23-26-29-32-35-38-42-50/h12-14,17-19,21-23,26-28,30-31,46,50H,5-11,15-16,20,24-25,29,32-45H2,1-4H3/b13-12-,17-14-,21-18-,22-19-,26-23-,30-27-,31-28-/t46-/m1/s1. The smallest absolute Gasteiger partial charge is 0.306 e. The van der Waals surface area contributed by atoms with Gasteiger partial charge in [0.2, 0.25) is 0 Å². The fraction of sp³-hybridized carbons (Fsp3) is 0.667. The Morgan fingerprint density at radius 1 is 0.576 bits per heavy atom. The number of quaternary nitrogens is 1. The topological polar surface area (TPSA) is 131 Å². The molecule has 0 spiro atoms. The van der Waals surface area contributed by atoms with Gasteiger partial charge in [0.1, 0.15) is 19.8 Å². The van der Waals surface area contributed by atoms with Crippen molar-refractivity contribution in [2.75, 3.05) is 54.1 Å². The molecule has 11 heteroatoms. The Morgan fingerprint density at radius 2 is 1.00 bits per heavy atom. The lowest BCUT2D eigenvalue weighted by Crippen LogP contribution is -2.37. The molecule has 0 aliphatic heterocycles. The van der Waals surface area contributed by atoms with Gasteiger partial charge in [0.05, 0.1) is 27.7 Å². The summed E-state index contributed by atoms with van der Waals surface area (Å²) in [4.78, 5) is 37.5. The molecule has 0 fully saturated rings. The quantitative estimate of drug-likeness (QED) is 0.0210. The highest BCUT2D eigenvalue weighted by atomic mass is 31.2. The lowest BCUT2D eigenvalue weighted by Gasteiger charge is -2.28. The van der Waals surface area contributed by atoms with Crippen LogP contribution in [0.1, 0.15) is 148 Å². The number of esters is 2. The fourth-order valence-corrected chi connectivity index (χ4v) is 6.13. The molecule has 0 heterocycles. The summed E-state index contributed by atoms with van der Waals surface area (Å²) in [7, 11) is 1.07. The van der Waals surface area contributed by atoms with E-state index in [0.29, 0.717) is 30.3 Å². The molecule has 0 rings (SSSR count). The Balaban J connectivity index is 4.54. The lowest BCUT2D eigenvalue weighted by atomic mass is 10.1. The third-order valence-corrected chi connectivity index (χ3v) is 9.91. The fourth-order valence-electron chi connectivity index (χ4n) is 5.41. The maximum atomic E-state index is 12.7. The molecule has 0 radical (unpaired) electrons. The van der Waals surface area contributed by atoms with Gasteiger partial charge in [-0.15, -0.1) is 0 Å². The summed E-state index contributed by atoms with van der Waals surface area (Å²) < 4.78 is 33.7. The van der Waals surface area contributed by atoms with Gasteiger partial charge in [0, 0.05) is 19.4 Å². The molecule has 338 valence electrons. The van der Waals surface area contributed by atoms with Gasteiger partial charge in [-0.2, -0.15) is 0 Å². The van der Waals surface area contributed by atoms with Crippen molar-refractivity contribution in [1.82, 2.24) is 0 Å². The molecule has 1 N–H and O–H groups in total. The minimum Gasteiger partial charge on any atom is -0.756 e.